The maximum atomic E-state index is 13.7. The molecule has 8 heteroatoms. The summed E-state index contributed by atoms with van der Waals surface area (Å²) in [5.41, 5.74) is 5.05. The average Bonchev–Trinajstić information content (AvgIpc) is 3.53. The predicted molar refractivity (Wildman–Crippen MR) is 159 cm³/mol. The first-order valence-corrected chi connectivity index (χ1v) is 13.9. The number of morpholine rings is 1. The van der Waals surface area contributed by atoms with Gasteiger partial charge in [-0.3, -0.25) is 9.69 Å². The molecule has 0 unspecified atom stereocenters. The molecule has 1 aromatic heterocycles. The Bertz CT molecular complexity index is 1540. The van der Waals surface area contributed by atoms with E-state index in [1.165, 1.54) is 22.7 Å². The molecule has 0 saturated carbocycles. The van der Waals surface area contributed by atoms with Gasteiger partial charge in [0.1, 0.15) is 5.75 Å². The molecule has 1 N–H and O–H groups in total. The first-order chi connectivity index (χ1) is 19.2. The highest BCUT2D eigenvalue weighted by molar-refractivity contribution is 8.18. The van der Waals surface area contributed by atoms with E-state index in [4.69, 9.17) is 14.5 Å². The number of aliphatic imine (C=N–C) groups is 1. The van der Waals surface area contributed by atoms with Crippen molar-refractivity contribution >= 4 is 51.2 Å². The standard InChI is InChI=1S/C31H30N4O3S/c1-37-28-20-25(34-15-17-38-18-16-34)12-11-22(28)19-29-30(36)35(31(39-29)33-24-7-3-2-4-8-24)14-13-23-21-32-27-10-6-5-9-26(23)27/h2-12,19-21,32H,13-18H2,1H3/b29-19-,33-31?. The number of aromatic nitrogens is 1. The maximum Gasteiger partial charge on any atom is 0.266 e. The van der Waals surface area contributed by atoms with Gasteiger partial charge in [0.15, 0.2) is 5.17 Å². The van der Waals surface area contributed by atoms with E-state index in [-0.39, 0.29) is 5.91 Å². The van der Waals surface area contributed by atoms with Crippen molar-refractivity contribution in [3.63, 3.8) is 0 Å². The minimum absolute atomic E-state index is 0.0474. The molecule has 2 aliphatic rings. The summed E-state index contributed by atoms with van der Waals surface area (Å²) in [4.78, 5) is 26.6. The molecular weight excluding hydrogens is 508 g/mol. The molecule has 2 saturated heterocycles. The lowest BCUT2D eigenvalue weighted by Gasteiger charge is -2.29. The van der Waals surface area contributed by atoms with Crippen LogP contribution in [0.15, 0.2) is 88.9 Å². The second-order valence-electron chi connectivity index (χ2n) is 9.43. The number of thioether (sulfide) groups is 1. The number of fused-ring (bicyclic) bond motifs is 1. The number of anilines is 1. The molecule has 0 bridgehead atoms. The van der Waals surface area contributed by atoms with Crippen LogP contribution in [0.5, 0.6) is 5.75 Å². The van der Waals surface area contributed by atoms with Crippen LogP contribution in [0, 0.1) is 0 Å². The summed E-state index contributed by atoms with van der Waals surface area (Å²) in [5, 5.41) is 1.86. The van der Waals surface area contributed by atoms with E-state index in [0.29, 0.717) is 16.6 Å². The minimum Gasteiger partial charge on any atom is -0.496 e. The number of amidine groups is 1. The van der Waals surface area contributed by atoms with Gasteiger partial charge in [-0.05, 0) is 60.2 Å². The number of hydrogen-bond donors (Lipinski definition) is 1. The van der Waals surface area contributed by atoms with Gasteiger partial charge in [-0.15, -0.1) is 0 Å². The normalized spacial score (nSPS) is 18.0. The molecule has 4 aromatic rings. The van der Waals surface area contributed by atoms with E-state index >= 15 is 0 Å². The third kappa shape index (κ3) is 5.44. The van der Waals surface area contributed by atoms with Crippen molar-refractivity contribution in [2.75, 3.05) is 44.9 Å². The van der Waals surface area contributed by atoms with Crippen molar-refractivity contribution in [2.24, 2.45) is 4.99 Å². The van der Waals surface area contributed by atoms with E-state index in [0.717, 1.165) is 60.9 Å². The number of rotatable bonds is 7. The van der Waals surface area contributed by atoms with E-state index in [1.807, 2.05) is 66.9 Å². The van der Waals surface area contributed by atoms with Gasteiger partial charge in [0.05, 0.1) is 30.9 Å². The Morgan fingerprint density at radius 3 is 2.67 bits per heavy atom. The van der Waals surface area contributed by atoms with Gasteiger partial charge in [0.25, 0.3) is 5.91 Å². The zero-order chi connectivity index (χ0) is 26.6. The largest absolute Gasteiger partial charge is 0.496 e. The van der Waals surface area contributed by atoms with Gasteiger partial charge in [-0.2, -0.15) is 0 Å². The highest BCUT2D eigenvalue weighted by atomic mass is 32.2. The van der Waals surface area contributed by atoms with Crippen LogP contribution in [-0.2, 0) is 16.0 Å². The number of carbonyl (C=O) groups is 1. The fourth-order valence-electron chi connectivity index (χ4n) is 4.95. The number of ether oxygens (including phenoxy) is 2. The van der Waals surface area contributed by atoms with Crippen LogP contribution in [0.1, 0.15) is 11.1 Å². The number of hydrogen-bond acceptors (Lipinski definition) is 6. The fraction of sp³-hybridized carbons (Fsp3) is 0.226. The quantitative estimate of drug-likeness (QED) is 0.299. The summed E-state index contributed by atoms with van der Waals surface area (Å²) < 4.78 is 11.2. The van der Waals surface area contributed by atoms with Crippen molar-refractivity contribution < 1.29 is 14.3 Å². The van der Waals surface area contributed by atoms with Gasteiger partial charge in [0, 0.05) is 54.1 Å². The molecule has 3 aromatic carbocycles. The van der Waals surface area contributed by atoms with Gasteiger partial charge < -0.3 is 19.4 Å². The number of benzene rings is 3. The van der Waals surface area contributed by atoms with E-state index < -0.39 is 0 Å². The SMILES string of the molecule is COc1cc(N2CCOCC2)ccc1/C=C1\SC(=Nc2ccccc2)N(CCc2c[nH]c3ccccc23)C1=O. The molecule has 2 aliphatic heterocycles. The Balaban J connectivity index is 1.29. The van der Waals surface area contributed by atoms with E-state index in [9.17, 15) is 4.79 Å². The number of amides is 1. The molecule has 0 atom stereocenters. The first kappa shape index (κ1) is 25.3. The third-order valence-corrected chi connectivity index (χ3v) is 8.04. The topological polar surface area (TPSA) is 70.2 Å². The van der Waals surface area contributed by atoms with Crippen molar-refractivity contribution in [2.45, 2.75) is 6.42 Å². The molecule has 39 heavy (non-hydrogen) atoms. The summed E-state index contributed by atoms with van der Waals surface area (Å²) >= 11 is 1.41. The molecule has 3 heterocycles. The number of aromatic amines is 1. The van der Waals surface area contributed by atoms with Crippen LogP contribution in [0.2, 0.25) is 0 Å². The molecule has 7 nitrogen and oxygen atoms in total. The molecule has 198 valence electrons. The lowest BCUT2D eigenvalue weighted by atomic mass is 10.1. The molecule has 0 spiro atoms. The highest BCUT2D eigenvalue weighted by Gasteiger charge is 2.33. The Labute approximate surface area is 232 Å². The first-order valence-electron chi connectivity index (χ1n) is 13.1. The Morgan fingerprint density at radius 1 is 1.05 bits per heavy atom. The number of para-hydroxylation sites is 2. The monoisotopic (exact) mass is 538 g/mol. The average molecular weight is 539 g/mol. The van der Waals surface area contributed by atoms with Crippen LogP contribution in [0.25, 0.3) is 17.0 Å². The van der Waals surface area contributed by atoms with Crippen LogP contribution >= 0.6 is 11.8 Å². The summed E-state index contributed by atoms with van der Waals surface area (Å²) in [7, 11) is 1.67. The summed E-state index contributed by atoms with van der Waals surface area (Å²) in [5.74, 6) is 0.688. The number of methoxy groups -OCH3 is 1. The highest BCUT2D eigenvalue weighted by Crippen LogP contribution is 2.37. The van der Waals surface area contributed by atoms with E-state index in [1.54, 1.807) is 12.0 Å². The molecular formula is C31H30N4O3S. The lowest BCUT2D eigenvalue weighted by Crippen LogP contribution is -2.36. The van der Waals surface area contributed by atoms with Gasteiger partial charge in [0.2, 0.25) is 0 Å². The van der Waals surface area contributed by atoms with E-state index in [2.05, 4.69) is 28.1 Å². The minimum atomic E-state index is -0.0474. The summed E-state index contributed by atoms with van der Waals surface area (Å²) in [6.45, 7) is 3.67. The third-order valence-electron chi connectivity index (χ3n) is 7.03. The summed E-state index contributed by atoms with van der Waals surface area (Å²) in [6, 6.07) is 24.1. The van der Waals surface area contributed by atoms with Gasteiger partial charge in [-0.1, -0.05) is 36.4 Å². The second-order valence-corrected chi connectivity index (χ2v) is 10.4. The van der Waals surface area contributed by atoms with Crippen molar-refractivity contribution in [1.29, 1.82) is 0 Å². The zero-order valence-electron chi connectivity index (χ0n) is 21.8. The van der Waals surface area contributed by atoms with Crippen LogP contribution in [0.3, 0.4) is 0 Å². The predicted octanol–water partition coefficient (Wildman–Crippen LogP) is 5.86. The number of carbonyl (C=O) groups excluding carboxylic acids is 1. The smallest absolute Gasteiger partial charge is 0.266 e. The fourth-order valence-corrected chi connectivity index (χ4v) is 5.97. The molecule has 6 rings (SSSR count). The maximum absolute atomic E-state index is 13.7. The Hall–Kier alpha value is -4.01. The molecule has 0 aliphatic carbocycles. The second kappa shape index (κ2) is 11.4. The van der Waals surface area contributed by atoms with Gasteiger partial charge in [-0.25, -0.2) is 4.99 Å². The van der Waals surface area contributed by atoms with Crippen molar-refractivity contribution in [3.8, 4) is 5.75 Å². The molecule has 2 fully saturated rings. The van der Waals surface area contributed by atoms with Crippen LogP contribution < -0.4 is 9.64 Å². The summed E-state index contributed by atoms with van der Waals surface area (Å²) in [6.07, 6.45) is 4.67. The number of H-pyrrole nitrogens is 1. The van der Waals surface area contributed by atoms with Crippen LogP contribution in [-0.4, -0.2) is 60.9 Å². The van der Waals surface area contributed by atoms with Gasteiger partial charge >= 0.3 is 0 Å². The Morgan fingerprint density at radius 2 is 1.85 bits per heavy atom. The molecule has 1 amide bonds. The zero-order valence-corrected chi connectivity index (χ0v) is 22.6. The number of nitrogens with one attached hydrogen (secondary N) is 1. The number of nitrogens with zero attached hydrogens (tertiary/aromatic N) is 3. The van der Waals surface area contributed by atoms with Crippen molar-refractivity contribution in [3.05, 3.63) is 95.0 Å². The lowest BCUT2D eigenvalue weighted by molar-refractivity contribution is -0.122. The Kier molecular flexibility index (Phi) is 7.38. The molecule has 0 radical (unpaired) electrons. The van der Waals surface area contributed by atoms with Crippen LogP contribution in [0.4, 0.5) is 11.4 Å². The van der Waals surface area contributed by atoms with Crippen molar-refractivity contribution in [1.82, 2.24) is 9.88 Å².